The van der Waals surface area contributed by atoms with Gasteiger partial charge in [0.2, 0.25) is 0 Å². The van der Waals surface area contributed by atoms with E-state index in [1.807, 2.05) is 6.08 Å². The maximum Gasteiger partial charge on any atom is 0.472 e. The summed E-state index contributed by atoms with van der Waals surface area (Å²) in [6, 6.07) is 0. The summed E-state index contributed by atoms with van der Waals surface area (Å²) in [5.41, 5.74) is 0. The van der Waals surface area contributed by atoms with Gasteiger partial charge in [0.25, 0.3) is 0 Å². The average Bonchev–Trinajstić information content (AvgIpc) is 3.20. The van der Waals surface area contributed by atoms with Crippen LogP contribution in [0, 0.1) is 0 Å². The maximum absolute atomic E-state index is 12.6. The van der Waals surface area contributed by atoms with E-state index in [0.717, 1.165) is 38.5 Å². The van der Waals surface area contributed by atoms with Crippen LogP contribution >= 0.6 is 15.6 Å². The molecule has 348 valence electrons. The highest BCUT2D eigenvalue weighted by atomic mass is 31.2. The van der Waals surface area contributed by atoms with Gasteiger partial charge in [-0.1, -0.05) is 159 Å². The number of carbonyl (C=O) groups is 3. The van der Waals surface area contributed by atoms with Gasteiger partial charge in [-0.3, -0.25) is 28.0 Å². The number of rotatable bonds is 42. The van der Waals surface area contributed by atoms with Crippen LogP contribution in [0.25, 0.3) is 0 Å². The Kier molecular flexibility index (Phi) is 38.1. The number of ether oxygens (including phenoxy) is 2. The highest BCUT2D eigenvalue weighted by molar-refractivity contribution is 7.47. The SMILES string of the molecule is CCCCC/C=C\C/C=C\C/C=C\C=C\C(=O)CCCC(=O)O[C@H](COC(=O)CCCCCCCCCCCCCCCCC)COP(=O)(O)OC[C@@H](O)COP(=O)(O)O. The molecule has 1 unspecified atom stereocenters. The first kappa shape index (κ1) is 57.8. The van der Waals surface area contributed by atoms with Crippen molar-refractivity contribution >= 4 is 33.4 Å². The van der Waals surface area contributed by atoms with Gasteiger partial charge < -0.3 is 29.3 Å². The van der Waals surface area contributed by atoms with Crippen LogP contribution in [0.1, 0.15) is 174 Å². The Balaban J connectivity index is 4.70. The first-order chi connectivity index (χ1) is 28.8. The molecule has 60 heavy (non-hydrogen) atoms. The molecular formula is C44H78O14P2. The monoisotopic (exact) mass is 892 g/mol. The molecule has 14 nitrogen and oxygen atoms in total. The van der Waals surface area contributed by atoms with Crippen molar-refractivity contribution in [3.05, 3.63) is 48.6 Å². The summed E-state index contributed by atoms with van der Waals surface area (Å²) < 4.78 is 47.5. The molecule has 0 rings (SSSR count). The van der Waals surface area contributed by atoms with Gasteiger partial charge in [-0.25, -0.2) is 9.13 Å². The van der Waals surface area contributed by atoms with Gasteiger partial charge in [0.05, 0.1) is 19.8 Å². The Hall–Kier alpha value is -2.25. The first-order valence-electron chi connectivity index (χ1n) is 22.3. The summed E-state index contributed by atoms with van der Waals surface area (Å²) in [6.45, 7) is 1.47. The van der Waals surface area contributed by atoms with E-state index in [2.05, 4.69) is 47.2 Å². The average molecular weight is 893 g/mol. The van der Waals surface area contributed by atoms with Crippen molar-refractivity contribution in [2.45, 2.75) is 187 Å². The molecule has 0 saturated heterocycles. The first-order valence-corrected chi connectivity index (χ1v) is 25.3. The number of ketones is 1. The highest BCUT2D eigenvalue weighted by Crippen LogP contribution is 2.43. The van der Waals surface area contributed by atoms with E-state index in [1.165, 1.54) is 96.0 Å². The van der Waals surface area contributed by atoms with Crippen molar-refractivity contribution in [1.29, 1.82) is 0 Å². The molecule has 0 aromatic heterocycles. The largest absolute Gasteiger partial charge is 0.472 e. The van der Waals surface area contributed by atoms with Gasteiger partial charge in [-0.15, -0.1) is 0 Å². The number of unbranched alkanes of at least 4 members (excludes halogenated alkanes) is 17. The van der Waals surface area contributed by atoms with Crippen LogP contribution in [-0.4, -0.2) is 76.1 Å². The van der Waals surface area contributed by atoms with E-state index in [4.69, 9.17) is 23.8 Å². The molecule has 3 atom stereocenters. The molecule has 0 fully saturated rings. The Morgan fingerprint density at radius 1 is 0.533 bits per heavy atom. The molecule has 0 aromatic rings. The predicted molar refractivity (Wildman–Crippen MR) is 235 cm³/mol. The van der Waals surface area contributed by atoms with Crippen LogP contribution in [0.5, 0.6) is 0 Å². The summed E-state index contributed by atoms with van der Waals surface area (Å²) in [5, 5.41) is 9.74. The van der Waals surface area contributed by atoms with Crippen LogP contribution in [0.4, 0.5) is 0 Å². The lowest BCUT2D eigenvalue weighted by atomic mass is 10.0. The number of phosphoric ester groups is 2. The van der Waals surface area contributed by atoms with Gasteiger partial charge in [0.15, 0.2) is 11.9 Å². The minimum atomic E-state index is -4.89. The molecule has 0 bridgehead atoms. The zero-order valence-corrected chi connectivity index (χ0v) is 38.3. The Labute approximate surface area is 360 Å². The fourth-order valence-corrected chi connectivity index (χ4v) is 6.93. The van der Waals surface area contributed by atoms with Gasteiger partial charge in [0.1, 0.15) is 12.7 Å². The number of aliphatic hydroxyl groups is 1. The second-order valence-electron chi connectivity index (χ2n) is 15.0. The van der Waals surface area contributed by atoms with Crippen molar-refractivity contribution in [3.63, 3.8) is 0 Å². The van der Waals surface area contributed by atoms with Gasteiger partial charge >= 0.3 is 27.6 Å². The molecule has 4 N–H and O–H groups in total. The third kappa shape index (κ3) is 42.4. The van der Waals surface area contributed by atoms with Gasteiger partial charge in [-0.2, -0.15) is 0 Å². The summed E-state index contributed by atoms with van der Waals surface area (Å²) in [7, 11) is -9.76. The van der Waals surface area contributed by atoms with E-state index < -0.39 is 66.2 Å². The van der Waals surface area contributed by atoms with E-state index in [1.54, 1.807) is 12.2 Å². The number of phosphoric acid groups is 2. The van der Waals surface area contributed by atoms with Crippen molar-refractivity contribution in [1.82, 2.24) is 0 Å². The fraction of sp³-hybridized carbons (Fsp3) is 0.750. The fourth-order valence-electron chi connectivity index (χ4n) is 5.77. The molecule has 0 spiro atoms. The van der Waals surface area contributed by atoms with E-state index in [0.29, 0.717) is 6.42 Å². The third-order valence-electron chi connectivity index (χ3n) is 9.19. The summed E-state index contributed by atoms with van der Waals surface area (Å²) in [5.74, 6) is -1.47. The van der Waals surface area contributed by atoms with Crippen LogP contribution in [0.3, 0.4) is 0 Å². The zero-order chi connectivity index (χ0) is 44.6. The second kappa shape index (κ2) is 39.6. The Morgan fingerprint density at radius 3 is 1.63 bits per heavy atom. The van der Waals surface area contributed by atoms with Crippen LogP contribution in [0.15, 0.2) is 48.6 Å². The number of aliphatic hydroxyl groups excluding tert-OH is 1. The summed E-state index contributed by atoms with van der Waals surface area (Å²) in [6.07, 6.45) is 36.8. The number of hydrogen-bond donors (Lipinski definition) is 4. The lowest BCUT2D eigenvalue weighted by Crippen LogP contribution is -2.30. The molecule has 0 radical (unpaired) electrons. The normalized spacial score (nSPS) is 14.4. The maximum atomic E-state index is 12.6. The molecule has 0 heterocycles. The quantitative estimate of drug-likeness (QED) is 0.0112. The molecule has 0 saturated carbocycles. The lowest BCUT2D eigenvalue weighted by molar-refractivity contribution is -0.161. The summed E-state index contributed by atoms with van der Waals surface area (Å²) in [4.78, 5) is 64.9. The molecule has 0 amide bonds. The predicted octanol–water partition coefficient (Wildman–Crippen LogP) is 10.6. The molecule has 0 aliphatic rings. The molecule has 0 aliphatic carbocycles. The van der Waals surface area contributed by atoms with Gasteiger partial charge in [-0.05, 0) is 44.6 Å². The van der Waals surface area contributed by atoms with Crippen LogP contribution in [-0.2, 0) is 46.6 Å². The van der Waals surface area contributed by atoms with Crippen molar-refractivity contribution in [3.8, 4) is 0 Å². The number of esters is 2. The highest BCUT2D eigenvalue weighted by Gasteiger charge is 2.28. The van der Waals surface area contributed by atoms with Crippen molar-refractivity contribution in [2.75, 3.05) is 26.4 Å². The zero-order valence-electron chi connectivity index (χ0n) is 36.5. The van der Waals surface area contributed by atoms with Crippen LogP contribution < -0.4 is 0 Å². The van der Waals surface area contributed by atoms with E-state index in [9.17, 15) is 33.5 Å². The van der Waals surface area contributed by atoms with Crippen molar-refractivity contribution < 1.29 is 66.3 Å². The van der Waals surface area contributed by atoms with Crippen molar-refractivity contribution in [2.24, 2.45) is 0 Å². The second-order valence-corrected chi connectivity index (χ2v) is 17.7. The van der Waals surface area contributed by atoms with Gasteiger partial charge in [0, 0.05) is 19.3 Å². The number of allylic oxidation sites excluding steroid dienone is 8. The standard InChI is InChI=1S/C44H78O14P2/c1-3-5-7-9-11-13-15-17-18-20-22-24-26-28-30-34-43(47)54-38-42(39-57-60(52,53)56-37-41(46)36-55-59(49,50)51)58-44(48)35-31-33-40(45)32-29-27-25-23-21-19-16-14-12-10-8-6-4-2/h12,14,19,21,25,27,29,32,41-42,46H,3-11,13,15-18,20,22-24,26,28,30-31,33-39H2,1-2H3,(H,52,53)(H2,49,50,51)/b14-12-,21-19-,27-25-,32-29+/t41-,42+/m0/s1. The minimum Gasteiger partial charge on any atom is -0.462 e. The smallest absolute Gasteiger partial charge is 0.462 e. The van der Waals surface area contributed by atoms with E-state index >= 15 is 0 Å². The van der Waals surface area contributed by atoms with Crippen LogP contribution in [0.2, 0.25) is 0 Å². The topological polar surface area (TPSA) is 212 Å². The number of carbonyl (C=O) groups excluding carboxylic acids is 3. The van der Waals surface area contributed by atoms with E-state index in [-0.39, 0.29) is 31.5 Å². The Morgan fingerprint density at radius 2 is 1.03 bits per heavy atom. The molecule has 0 aliphatic heterocycles. The molecule has 0 aromatic carbocycles. The lowest BCUT2D eigenvalue weighted by Gasteiger charge is -2.20. The number of hydrogen-bond acceptors (Lipinski definition) is 11. The third-order valence-corrected chi connectivity index (χ3v) is 10.6. The Bertz CT molecular complexity index is 1310. The molecule has 16 heteroatoms. The molecular weight excluding hydrogens is 814 g/mol. The summed E-state index contributed by atoms with van der Waals surface area (Å²) >= 11 is 0. The minimum absolute atomic E-state index is 0.0765.